The Kier molecular flexibility index (Phi) is 5.82. The summed E-state index contributed by atoms with van der Waals surface area (Å²) in [6.07, 6.45) is 0.854. The van der Waals surface area contributed by atoms with Crippen LogP contribution in [-0.2, 0) is 0 Å². The number of hydrogen-bond donors (Lipinski definition) is 2. The number of carboxylic acids is 1. The molecule has 110 valence electrons. The number of nitrogens with one attached hydrogen (secondary N) is 1. The van der Waals surface area contributed by atoms with Crippen molar-refractivity contribution in [2.45, 2.75) is 33.2 Å². The molecule has 2 N–H and O–H groups in total. The first-order chi connectivity index (χ1) is 9.36. The zero-order valence-corrected chi connectivity index (χ0v) is 12.6. The van der Waals surface area contributed by atoms with Crippen LogP contribution in [0, 0.1) is 0 Å². The highest BCUT2D eigenvalue weighted by atomic mass is 35.5. The van der Waals surface area contributed by atoms with Crippen molar-refractivity contribution < 1.29 is 14.7 Å². The van der Waals surface area contributed by atoms with Crippen molar-refractivity contribution in [1.82, 2.24) is 4.90 Å². The van der Waals surface area contributed by atoms with Gasteiger partial charge in [0.05, 0.1) is 10.6 Å². The molecule has 6 heteroatoms. The number of carboxylic acid groups (broad SMARTS) is 1. The Morgan fingerprint density at radius 3 is 2.55 bits per heavy atom. The average molecular weight is 299 g/mol. The summed E-state index contributed by atoms with van der Waals surface area (Å²) in [5.74, 6) is -1.12. The predicted molar refractivity (Wildman–Crippen MR) is 79.6 cm³/mol. The average Bonchev–Trinajstić information content (AvgIpc) is 2.37. The molecule has 1 aromatic carbocycles. The van der Waals surface area contributed by atoms with Crippen molar-refractivity contribution in [2.24, 2.45) is 0 Å². The molecule has 0 fully saturated rings. The van der Waals surface area contributed by atoms with Crippen molar-refractivity contribution in [1.29, 1.82) is 0 Å². The zero-order valence-electron chi connectivity index (χ0n) is 11.8. The van der Waals surface area contributed by atoms with Crippen LogP contribution in [0.3, 0.4) is 0 Å². The van der Waals surface area contributed by atoms with Crippen LogP contribution in [0.1, 0.15) is 37.6 Å². The molecule has 0 atom stereocenters. The largest absolute Gasteiger partial charge is 0.478 e. The topological polar surface area (TPSA) is 69.6 Å². The summed E-state index contributed by atoms with van der Waals surface area (Å²) in [7, 11) is 0. The number of carbonyl (C=O) groups is 2. The number of urea groups is 1. The van der Waals surface area contributed by atoms with E-state index in [9.17, 15) is 9.59 Å². The summed E-state index contributed by atoms with van der Waals surface area (Å²) in [5.41, 5.74) is 0.384. The number of hydrogen-bond acceptors (Lipinski definition) is 2. The Labute approximate surface area is 123 Å². The second-order valence-electron chi connectivity index (χ2n) is 4.72. The lowest BCUT2D eigenvalue weighted by Gasteiger charge is -2.26. The van der Waals surface area contributed by atoms with Gasteiger partial charge in [-0.3, -0.25) is 0 Å². The molecule has 2 amide bonds. The molecule has 0 saturated heterocycles. The molecule has 0 radical (unpaired) electrons. The van der Waals surface area contributed by atoms with E-state index >= 15 is 0 Å². The molecule has 0 aromatic heterocycles. The molecule has 5 nitrogen and oxygen atoms in total. The van der Waals surface area contributed by atoms with Crippen molar-refractivity contribution in [3.8, 4) is 0 Å². The predicted octanol–water partition coefficient (Wildman–Crippen LogP) is 3.69. The van der Waals surface area contributed by atoms with E-state index in [0.29, 0.717) is 12.2 Å². The number of anilines is 1. The lowest BCUT2D eigenvalue weighted by atomic mass is 10.2. The lowest BCUT2D eigenvalue weighted by Crippen LogP contribution is -2.40. The summed E-state index contributed by atoms with van der Waals surface area (Å²) in [4.78, 5) is 24.8. The Morgan fingerprint density at radius 2 is 2.05 bits per heavy atom. The summed E-state index contributed by atoms with van der Waals surface area (Å²) in [5, 5.41) is 11.8. The molecule has 20 heavy (non-hydrogen) atoms. The van der Waals surface area contributed by atoms with E-state index in [4.69, 9.17) is 16.7 Å². The van der Waals surface area contributed by atoms with E-state index in [1.807, 2.05) is 20.8 Å². The molecule has 0 aliphatic carbocycles. The van der Waals surface area contributed by atoms with Crippen LogP contribution >= 0.6 is 11.6 Å². The van der Waals surface area contributed by atoms with E-state index in [2.05, 4.69) is 5.32 Å². The highest BCUT2D eigenvalue weighted by Gasteiger charge is 2.17. The smallest absolute Gasteiger partial charge is 0.337 e. The third kappa shape index (κ3) is 4.13. The van der Waals surface area contributed by atoms with Gasteiger partial charge in [0.1, 0.15) is 0 Å². The Hall–Kier alpha value is -1.75. The standard InChI is InChI=1S/C14H19ClN2O3/c1-4-7-17(9(2)3)14(20)16-10-5-6-12(15)11(8-10)13(18)19/h5-6,8-9H,4,7H2,1-3H3,(H,16,20)(H,18,19). The van der Waals surface area contributed by atoms with Crippen molar-refractivity contribution in [3.63, 3.8) is 0 Å². The maximum atomic E-state index is 12.1. The number of rotatable bonds is 5. The molecule has 0 bridgehead atoms. The molecular formula is C14H19ClN2O3. The van der Waals surface area contributed by atoms with Gasteiger partial charge in [-0.1, -0.05) is 18.5 Å². The third-order valence-corrected chi connectivity index (χ3v) is 3.13. The number of nitrogens with zero attached hydrogens (tertiary/aromatic N) is 1. The summed E-state index contributed by atoms with van der Waals surface area (Å²) in [6.45, 7) is 6.50. The SMILES string of the molecule is CCCN(C(=O)Nc1ccc(Cl)c(C(=O)O)c1)C(C)C. The van der Waals surface area contributed by atoms with E-state index in [0.717, 1.165) is 6.42 Å². The Balaban J connectivity index is 2.89. The number of carbonyl (C=O) groups excluding carboxylic acids is 1. The van der Waals surface area contributed by atoms with Gasteiger partial charge < -0.3 is 15.3 Å². The molecule has 1 rings (SSSR count). The van der Waals surface area contributed by atoms with Gasteiger partial charge in [-0.15, -0.1) is 0 Å². The highest BCUT2D eigenvalue weighted by Crippen LogP contribution is 2.21. The van der Waals surface area contributed by atoms with E-state index < -0.39 is 5.97 Å². The Bertz CT molecular complexity index is 503. The van der Waals surface area contributed by atoms with Gasteiger partial charge >= 0.3 is 12.0 Å². The van der Waals surface area contributed by atoms with Crippen LogP contribution in [0.5, 0.6) is 0 Å². The first-order valence-corrected chi connectivity index (χ1v) is 6.85. The maximum Gasteiger partial charge on any atom is 0.337 e. The van der Waals surface area contributed by atoms with Gasteiger partial charge in [-0.2, -0.15) is 0 Å². The second kappa shape index (κ2) is 7.14. The van der Waals surface area contributed by atoms with E-state index in [1.165, 1.54) is 12.1 Å². The monoisotopic (exact) mass is 298 g/mol. The van der Waals surface area contributed by atoms with Gasteiger partial charge in [-0.25, -0.2) is 9.59 Å². The van der Waals surface area contributed by atoms with Crippen LogP contribution in [-0.4, -0.2) is 34.6 Å². The van der Waals surface area contributed by atoms with Crippen molar-refractivity contribution >= 4 is 29.3 Å². The van der Waals surface area contributed by atoms with E-state index in [-0.39, 0.29) is 22.7 Å². The molecule has 0 heterocycles. The Morgan fingerprint density at radius 1 is 1.40 bits per heavy atom. The molecule has 0 saturated carbocycles. The maximum absolute atomic E-state index is 12.1. The van der Waals surface area contributed by atoms with Gasteiger partial charge in [0.25, 0.3) is 0 Å². The lowest BCUT2D eigenvalue weighted by molar-refractivity contribution is 0.0697. The zero-order chi connectivity index (χ0) is 15.3. The summed E-state index contributed by atoms with van der Waals surface area (Å²) < 4.78 is 0. The van der Waals surface area contributed by atoms with Gasteiger partial charge in [0.15, 0.2) is 0 Å². The van der Waals surface area contributed by atoms with Crippen molar-refractivity contribution in [2.75, 3.05) is 11.9 Å². The first kappa shape index (κ1) is 16.3. The van der Waals surface area contributed by atoms with Crippen LogP contribution in [0.25, 0.3) is 0 Å². The van der Waals surface area contributed by atoms with Crippen molar-refractivity contribution in [3.05, 3.63) is 28.8 Å². The number of benzene rings is 1. The van der Waals surface area contributed by atoms with Crippen LogP contribution in [0.4, 0.5) is 10.5 Å². The molecule has 0 unspecified atom stereocenters. The number of halogens is 1. The molecule has 0 spiro atoms. The fraction of sp³-hybridized carbons (Fsp3) is 0.429. The fourth-order valence-electron chi connectivity index (χ4n) is 1.80. The first-order valence-electron chi connectivity index (χ1n) is 6.47. The van der Waals surface area contributed by atoms with Gasteiger partial charge in [-0.05, 0) is 38.5 Å². The fourth-order valence-corrected chi connectivity index (χ4v) is 2.00. The summed E-state index contributed by atoms with van der Waals surface area (Å²) >= 11 is 5.79. The molecular weight excluding hydrogens is 280 g/mol. The molecule has 1 aromatic rings. The van der Waals surface area contributed by atoms with E-state index in [1.54, 1.807) is 11.0 Å². The highest BCUT2D eigenvalue weighted by molar-refractivity contribution is 6.33. The molecule has 0 aliphatic heterocycles. The normalized spacial score (nSPS) is 10.4. The van der Waals surface area contributed by atoms with Crippen LogP contribution in [0.2, 0.25) is 5.02 Å². The third-order valence-electron chi connectivity index (χ3n) is 2.80. The quantitative estimate of drug-likeness (QED) is 0.871. The minimum Gasteiger partial charge on any atom is -0.478 e. The molecule has 0 aliphatic rings. The minimum absolute atomic E-state index is 0.0314. The minimum atomic E-state index is -1.12. The second-order valence-corrected chi connectivity index (χ2v) is 5.12. The summed E-state index contributed by atoms with van der Waals surface area (Å²) in [6, 6.07) is 4.21. The van der Waals surface area contributed by atoms with Crippen LogP contribution < -0.4 is 5.32 Å². The van der Waals surface area contributed by atoms with Gasteiger partial charge in [0.2, 0.25) is 0 Å². The number of aromatic carboxylic acids is 1. The number of amides is 2. The van der Waals surface area contributed by atoms with Crippen LogP contribution in [0.15, 0.2) is 18.2 Å². The van der Waals surface area contributed by atoms with Gasteiger partial charge in [0, 0.05) is 18.3 Å².